The number of anilines is 1. The molecule has 0 atom stereocenters. The van der Waals surface area contributed by atoms with Gasteiger partial charge in [0.1, 0.15) is 17.1 Å². The first-order chi connectivity index (χ1) is 14.6. The summed E-state index contributed by atoms with van der Waals surface area (Å²) in [5.74, 6) is -0.771. The third-order valence-electron chi connectivity index (χ3n) is 5.33. The van der Waals surface area contributed by atoms with Crippen molar-refractivity contribution in [3.8, 4) is 0 Å². The molecule has 2 N–H and O–H groups in total. The summed E-state index contributed by atoms with van der Waals surface area (Å²) in [6.45, 7) is 2.88. The number of pyridine rings is 1. The number of aromatic nitrogens is 3. The minimum Gasteiger partial charge on any atom is -0.384 e. The minimum absolute atomic E-state index is 0.0171. The summed E-state index contributed by atoms with van der Waals surface area (Å²) in [5, 5.41) is 0. The SMILES string of the molecule is CCn1c(=O)c(C(=O)CN2CCCCC2)c(N)n(Cc2ccc(C(F)(F)F)nc2)c1=O. The first-order valence-electron chi connectivity index (χ1n) is 10.0. The lowest BCUT2D eigenvalue weighted by molar-refractivity contribution is -0.141. The highest BCUT2D eigenvalue weighted by atomic mass is 19.4. The molecule has 2 aromatic heterocycles. The summed E-state index contributed by atoms with van der Waals surface area (Å²) >= 11 is 0. The third kappa shape index (κ3) is 4.87. The molecule has 3 rings (SSSR count). The van der Waals surface area contributed by atoms with Crippen LogP contribution in [-0.2, 0) is 19.3 Å². The van der Waals surface area contributed by atoms with E-state index in [4.69, 9.17) is 5.73 Å². The third-order valence-corrected chi connectivity index (χ3v) is 5.33. The summed E-state index contributed by atoms with van der Waals surface area (Å²) in [4.78, 5) is 43.8. The van der Waals surface area contributed by atoms with E-state index >= 15 is 0 Å². The van der Waals surface area contributed by atoms with Gasteiger partial charge in [0.15, 0.2) is 5.78 Å². The van der Waals surface area contributed by atoms with Gasteiger partial charge in [-0.2, -0.15) is 13.2 Å². The summed E-state index contributed by atoms with van der Waals surface area (Å²) in [6, 6.07) is 1.98. The number of nitrogens with zero attached hydrogens (tertiary/aromatic N) is 4. The van der Waals surface area contributed by atoms with Crippen molar-refractivity contribution in [2.75, 3.05) is 25.4 Å². The molecule has 1 aliphatic heterocycles. The van der Waals surface area contributed by atoms with Gasteiger partial charge in [0.05, 0.1) is 13.1 Å². The lowest BCUT2D eigenvalue weighted by Gasteiger charge is -2.26. The molecule has 11 heteroatoms. The molecule has 1 saturated heterocycles. The van der Waals surface area contributed by atoms with E-state index in [0.717, 1.165) is 53.7 Å². The molecule has 0 unspecified atom stereocenters. The Morgan fingerprint density at radius 2 is 1.81 bits per heavy atom. The molecule has 0 saturated carbocycles. The predicted octanol–water partition coefficient (Wildman–Crippen LogP) is 1.74. The van der Waals surface area contributed by atoms with Crippen LogP contribution in [0.5, 0.6) is 0 Å². The second-order valence-corrected chi connectivity index (χ2v) is 7.49. The lowest BCUT2D eigenvalue weighted by atomic mass is 10.1. The fourth-order valence-corrected chi connectivity index (χ4v) is 3.68. The first kappa shape index (κ1) is 22.7. The van der Waals surface area contributed by atoms with Crippen molar-refractivity contribution < 1.29 is 18.0 Å². The Bertz CT molecular complexity index is 1070. The highest BCUT2D eigenvalue weighted by Crippen LogP contribution is 2.27. The zero-order valence-electron chi connectivity index (χ0n) is 17.1. The van der Waals surface area contributed by atoms with E-state index in [1.165, 1.54) is 6.07 Å². The average Bonchev–Trinajstić information content (AvgIpc) is 2.72. The van der Waals surface area contributed by atoms with Crippen LogP contribution >= 0.6 is 0 Å². The number of Topliss-reactive ketones (excluding diaryl/α,β-unsaturated/α-hetero) is 1. The van der Waals surface area contributed by atoms with E-state index in [0.29, 0.717) is 0 Å². The van der Waals surface area contributed by atoms with Crippen molar-refractivity contribution in [3.63, 3.8) is 0 Å². The van der Waals surface area contributed by atoms with Crippen LogP contribution in [0.15, 0.2) is 27.9 Å². The van der Waals surface area contributed by atoms with Crippen molar-refractivity contribution in [2.45, 2.75) is 45.5 Å². The number of likely N-dealkylation sites (tertiary alicyclic amines) is 1. The molecule has 2 aromatic rings. The highest BCUT2D eigenvalue weighted by molar-refractivity contribution is 6.01. The van der Waals surface area contributed by atoms with Gasteiger partial charge in [-0.15, -0.1) is 0 Å². The second kappa shape index (κ2) is 9.04. The number of halogens is 3. The smallest absolute Gasteiger partial charge is 0.384 e. The van der Waals surface area contributed by atoms with Gasteiger partial charge in [0.2, 0.25) is 0 Å². The van der Waals surface area contributed by atoms with E-state index < -0.39 is 28.9 Å². The molecule has 0 amide bonds. The normalized spacial score (nSPS) is 15.2. The summed E-state index contributed by atoms with van der Waals surface area (Å²) < 4.78 is 40.1. The number of alkyl halides is 3. The molecule has 3 heterocycles. The van der Waals surface area contributed by atoms with Crippen LogP contribution in [0.2, 0.25) is 0 Å². The average molecular weight is 439 g/mol. The van der Waals surface area contributed by atoms with Crippen LogP contribution in [0, 0.1) is 0 Å². The van der Waals surface area contributed by atoms with Crippen LogP contribution in [0.25, 0.3) is 0 Å². The first-order valence-corrected chi connectivity index (χ1v) is 10.0. The number of rotatable bonds is 6. The summed E-state index contributed by atoms with van der Waals surface area (Å²) in [7, 11) is 0. The maximum atomic E-state index is 12.9. The Morgan fingerprint density at radius 1 is 1.13 bits per heavy atom. The van der Waals surface area contributed by atoms with Crippen LogP contribution in [0.3, 0.4) is 0 Å². The van der Waals surface area contributed by atoms with Crippen molar-refractivity contribution in [3.05, 3.63) is 56.0 Å². The van der Waals surface area contributed by atoms with Gasteiger partial charge >= 0.3 is 11.9 Å². The molecule has 0 spiro atoms. The molecular formula is C20H24F3N5O3. The van der Waals surface area contributed by atoms with Crippen LogP contribution in [-0.4, -0.2) is 44.4 Å². The van der Waals surface area contributed by atoms with Gasteiger partial charge in [-0.05, 0) is 44.5 Å². The van der Waals surface area contributed by atoms with Crippen LogP contribution in [0.4, 0.5) is 19.0 Å². The molecule has 1 aliphatic rings. The van der Waals surface area contributed by atoms with E-state index in [1.807, 2.05) is 4.90 Å². The lowest BCUT2D eigenvalue weighted by Crippen LogP contribution is -2.45. The number of carbonyl (C=O) groups excluding carboxylic acids is 1. The van der Waals surface area contributed by atoms with Crippen LogP contribution < -0.4 is 17.0 Å². The molecule has 168 valence electrons. The van der Waals surface area contributed by atoms with Crippen molar-refractivity contribution in [1.29, 1.82) is 0 Å². The zero-order chi connectivity index (χ0) is 22.8. The Labute approximate surface area is 176 Å². The maximum absolute atomic E-state index is 12.9. The van der Waals surface area contributed by atoms with Gasteiger partial charge in [0, 0.05) is 12.7 Å². The highest BCUT2D eigenvalue weighted by Gasteiger charge is 2.32. The molecule has 31 heavy (non-hydrogen) atoms. The quantitative estimate of drug-likeness (QED) is 0.688. The van der Waals surface area contributed by atoms with E-state index in [-0.39, 0.29) is 36.6 Å². The Hall–Kier alpha value is -2.95. The molecular weight excluding hydrogens is 415 g/mol. The number of nitrogens with two attached hydrogens (primary N) is 1. The van der Waals surface area contributed by atoms with Crippen molar-refractivity contribution in [2.24, 2.45) is 0 Å². The van der Waals surface area contributed by atoms with E-state index in [9.17, 15) is 27.6 Å². The van der Waals surface area contributed by atoms with Crippen molar-refractivity contribution in [1.82, 2.24) is 19.0 Å². The largest absolute Gasteiger partial charge is 0.433 e. The Kier molecular flexibility index (Phi) is 6.63. The molecule has 1 fully saturated rings. The summed E-state index contributed by atoms with van der Waals surface area (Å²) in [6.07, 6.45) is -0.588. The second-order valence-electron chi connectivity index (χ2n) is 7.49. The number of piperidine rings is 1. The summed E-state index contributed by atoms with van der Waals surface area (Å²) in [5.41, 5.74) is 3.52. The van der Waals surface area contributed by atoms with Crippen LogP contribution in [0.1, 0.15) is 47.8 Å². The Morgan fingerprint density at radius 3 is 2.35 bits per heavy atom. The number of hydrogen-bond donors (Lipinski definition) is 1. The topological polar surface area (TPSA) is 103 Å². The van der Waals surface area contributed by atoms with E-state index in [2.05, 4.69) is 4.98 Å². The van der Waals surface area contributed by atoms with Gasteiger partial charge in [-0.3, -0.25) is 28.6 Å². The molecule has 8 nitrogen and oxygen atoms in total. The molecule has 0 bridgehead atoms. The van der Waals surface area contributed by atoms with Gasteiger partial charge in [-0.1, -0.05) is 12.5 Å². The molecule has 0 aromatic carbocycles. The molecule has 0 radical (unpaired) electrons. The van der Waals surface area contributed by atoms with Gasteiger partial charge in [0.25, 0.3) is 5.56 Å². The number of carbonyl (C=O) groups is 1. The van der Waals surface area contributed by atoms with E-state index in [1.54, 1.807) is 6.92 Å². The monoisotopic (exact) mass is 439 g/mol. The maximum Gasteiger partial charge on any atom is 0.433 e. The Balaban J connectivity index is 1.98. The molecule has 0 aliphatic carbocycles. The number of hydrogen-bond acceptors (Lipinski definition) is 6. The zero-order valence-corrected chi connectivity index (χ0v) is 17.1. The van der Waals surface area contributed by atoms with Gasteiger partial charge in [-0.25, -0.2) is 4.79 Å². The van der Waals surface area contributed by atoms with Crippen molar-refractivity contribution >= 4 is 11.6 Å². The number of nitrogen functional groups attached to an aromatic ring is 1. The predicted molar refractivity (Wildman–Crippen MR) is 108 cm³/mol. The number of ketones is 1. The fourth-order valence-electron chi connectivity index (χ4n) is 3.68. The standard InChI is InChI=1S/C20H24F3N5O3/c1-2-27-18(30)16(14(29)12-26-8-4-3-5-9-26)17(24)28(19(27)31)11-13-6-7-15(25-10-13)20(21,22)23/h6-7,10H,2-5,8-9,11-12,24H2,1H3. The van der Waals surface area contributed by atoms with Gasteiger partial charge < -0.3 is 5.73 Å². The minimum atomic E-state index is -4.59. The fraction of sp³-hybridized carbons (Fsp3) is 0.500.